The van der Waals surface area contributed by atoms with Crippen LogP contribution in [0.15, 0.2) is 146 Å². The Kier molecular flexibility index (Phi) is 14.8. The van der Waals surface area contributed by atoms with E-state index >= 15 is 0 Å². The maximum Gasteiger partial charge on any atom is 0.224 e. The van der Waals surface area contributed by atoms with E-state index in [1.165, 1.54) is 25.0 Å². The summed E-state index contributed by atoms with van der Waals surface area (Å²) in [6, 6.07) is 50.0. The molecule has 6 atom stereocenters. The topological polar surface area (TPSA) is 116 Å². The van der Waals surface area contributed by atoms with Crippen LogP contribution >= 0.6 is 0 Å². The molecule has 2 aliphatic carbocycles. The van der Waals surface area contributed by atoms with Crippen LogP contribution in [0.3, 0.4) is 0 Å². The molecule has 8 heteroatoms. The lowest BCUT2D eigenvalue weighted by atomic mass is 9.66. The van der Waals surface area contributed by atoms with E-state index in [-0.39, 0.29) is 83.1 Å². The van der Waals surface area contributed by atoms with Crippen molar-refractivity contribution in [3.05, 3.63) is 168 Å². The van der Waals surface area contributed by atoms with Crippen LogP contribution < -0.4 is 21.3 Å². The Labute approximate surface area is 425 Å². The first kappa shape index (κ1) is 49.9. The van der Waals surface area contributed by atoms with E-state index in [0.717, 1.165) is 80.6 Å². The number of amides is 4. The molecular weight excluding hydrogens is 889 g/mol. The van der Waals surface area contributed by atoms with E-state index in [2.05, 4.69) is 172 Å². The Morgan fingerprint density at radius 3 is 1.08 bits per heavy atom. The summed E-state index contributed by atoms with van der Waals surface area (Å²) in [5.41, 5.74) is 9.24. The normalized spacial score (nSPS) is 22.9. The van der Waals surface area contributed by atoms with E-state index in [4.69, 9.17) is 0 Å². The lowest BCUT2D eigenvalue weighted by Crippen LogP contribution is -2.42. The van der Waals surface area contributed by atoms with Gasteiger partial charge in [0.25, 0.3) is 0 Å². The average molecular weight is 959 g/mol. The highest BCUT2D eigenvalue weighted by molar-refractivity contribution is 6.14. The van der Waals surface area contributed by atoms with Crippen molar-refractivity contribution in [3.63, 3.8) is 0 Å². The van der Waals surface area contributed by atoms with E-state index in [1.54, 1.807) is 0 Å². The zero-order valence-electron chi connectivity index (χ0n) is 43.1. The number of nitrogens with one attached hydrogen (secondary N) is 4. The van der Waals surface area contributed by atoms with Gasteiger partial charge in [-0.25, -0.2) is 0 Å². The van der Waals surface area contributed by atoms with E-state index < -0.39 is 0 Å². The zero-order chi connectivity index (χ0) is 50.8. The molecule has 0 spiro atoms. The second kappa shape index (κ2) is 21.3. The predicted molar refractivity (Wildman–Crippen MR) is 295 cm³/mol. The quantitative estimate of drug-likeness (QED) is 0.0976. The van der Waals surface area contributed by atoms with Crippen LogP contribution in [0.5, 0.6) is 0 Å². The van der Waals surface area contributed by atoms with Gasteiger partial charge in [-0.15, -0.1) is 0 Å². The number of carbonyl (C=O) groups excluding carboxylic acids is 4. The standard InChI is InChI=1S/C64H70N4O4/c1-37-33-49(34-38(2)57(37)63(71)65-41(5)45-19-11-9-12-20-45)51-27-15-23-47-25-17-29-53(59(47)51)55-31-32-56(62(68-44(8)70)61(55)67-43(7)69)54-30-18-26-48-24-16-28-52(60(48)54)50-35-39(3)58(40(4)36-50)64(72)66-42(6)46-21-13-10-14-22-46/h9-32,37-42,49-50,57-58H,33-36H2,1-8H3,(H,65,71)(H,66,72)(H,67,69)(H,68,70)/t37?,38?,39?,40?,41-,42?,49?,50?,57?,58?/m1/s1. The van der Waals surface area contributed by atoms with Crippen molar-refractivity contribution >= 4 is 56.5 Å². The Balaban J connectivity index is 1.08. The summed E-state index contributed by atoms with van der Waals surface area (Å²) in [6.45, 7) is 16.0. The second-order valence-corrected chi connectivity index (χ2v) is 21.4. The minimum absolute atomic E-state index is 0.0841. The zero-order valence-corrected chi connectivity index (χ0v) is 43.1. The maximum absolute atomic E-state index is 14.0. The minimum Gasteiger partial charge on any atom is -0.349 e. The molecule has 2 saturated carbocycles. The summed E-state index contributed by atoms with van der Waals surface area (Å²) in [5, 5.41) is 17.5. The molecule has 2 fully saturated rings. The molecule has 7 aromatic rings. The Hall–Kier alpha value is -7.06. The molecule has 9 rings (SSSR count). The summed E-state index contributed by atoms with van der Waals surface area (Å²) in [5.74, 6) is 0.450. The molecule has 0 radical (unpaired) electrons. The van der Waals surface area contributed by atoms with Gasteiger partial charge < -0.3 is 21.3 Å². The van der Waals surface area contributed by atoms with Gasteiger partial charge in [-0.2, -0.15) is 0 Å². The van der Waals surface area contributed by atoms with Gasteiger partial charge in [0.05, 0.1) is 23.5 Å². The van der Waals surface area contributed by atoms with Crippen molar-refractivity contribution in [2.45, 2.75) is 105 Å². The van der Waals surface area contributed by atoms with Gasteiger partial charge >= 0.3 is 0 Å². The molecule has 4 N–H and O–H groups in total. The maximum atomic E-state index is 14.0. The molecule has 7 aromatic carbocycles. The lowest BCUT2D eigenvalue weighted by Gasteiger charge is -2.39. The molecule has 4 amide bonds. The number of hydrogen-bond donors (Lipinski definition) is 4. The Morgan fingerprint density at radius 2 is 0.750 bits per heavy atom. The van der Waals surface area contributed by atoms with E-state index in [0.29, 0.717) is 11.4 Å². The molecule has 0 heterocycles. The van der Waals surface area contributed by atoms with Gasteiger partial charge in [0.15, 0.2) is 0 Å². The fourth-order valence-corrected chi connectivity index (χ4v) is 13.0. The number of carbonyl (C=O) groups is 4. The Morgan fingerprint density at radius 1 is 0.417 bits per heavy atom. The van der Waals surface area contributed by atoms with Gasteiger partial charge in [0.1, 0.15) is 0 Å². The first-order chi connectivity index (χ1) is 34.7. The summed E-state index contributed by atoms with van der Waals surface area (Å²) in [7, 11) is 0. The highest BCUT2D eigenvalue weighted by atomic mass is 16.2. The monoisotopic (exact) mass is 959 g/mol. The van der Waals surface area contributed by atoms with Crippen molar-refractivity contribution < 1.29 is 19.2 Å². The van der Waals surface area contributed by atoms with Crippen LogP contribution in [0.25, 0.3) is 43.8 Å². The fraction of sp³-hybridized carbons (Fsp3) is 0.344. The van der Waals surface area contributed by atoms with Crippen LogP contribution in [-0.4, -0.2) is 23.6 Å². The van der Waals surface area contributed by atoms with Crippen LogP contribution in [0, 0.1) is 35.5 Å². The van der Waals surface area contributed by atoms with E-state index in [1.807, 2.05) is 36.4 Å². The lowest BCUT2D eigenvalue weighted by molar-refractivity contribution is -0.131. The smallest absolute Gasteiger partial charge is 0.224 e. The molecule has 0 aromatic heterocycles. The molecule has 0 bridgehead atoms. The third-order valence-corrected chi connectivity index (χ3v) is 16.1. The number of fused-ring (bicyclic) bond motifs is 2. The van der Waals surface area contributed by atoms with E-state index in [9.17, 15) is 19.2 Å². The number of anilines is 2. The fourth-order valence-electron chi connectivity index (χ4n) is 13.0. The number of rotatable bonds is 12. The molecule has 0 aliphatic heterocycles. The third kappa shape index (κ3) is 10.2. The number of benzene rings is 7. The molecule has 370 valence electrons. The first-order valence-corrected chi connectivity index (χ1v) is 26.1. The largest absolute Gasteiger partial charge is 0.349 e. The third-order valence-electron chi connectivity index (χ3n) is 16.1. The van der Waals surface area contributed by atoms with Gasteiger partial charge in [-0.1, -0.05) is 173 Å². The average Bonchev–Trinajstić information content (AvgIpc) is 3.36. The van der Waals surface area contributed by atoms with Crippen molar-refractivity contribution in [1.82, 2.24) is 10.6 Å². The predicted octanol–water partition coefficient (Wildman–Crippen LogP) is 14.5. The summed E-state index contributed by atoms with van der Waals surface area (Å²) < 4.78 is 0. The van der Waals surface area contributed by atoms with Gasteiger partial charge in [-0.3, -0.25) is 19.2 Å². The first-order valence-electron chi connectivity index (χ1n) is 26.1. The molecular formula is C64H70N4O4. The summed E-state index contributed by atoms with van der Waals surface area (Å²) >= 11 is 0. The van der Waals surface area contributed by atoms with Gasteiger partial charge in [0, 0.05) is 36.8 Å². The molecule has 8 nitrogen and oxygen atoms in total. The van der Waals surface area contributed by atoms with Gasteiger partial charge in [-0.05, 0) is 130 Å². The molecule has 5 unspecified atom stereocenters. The highest BCUT2D eigenvalue weighted by Crippen LogP contribution is 2.51. The second-order valence-electron chi connectivity index (χ2n) is 21.4. The van der Waals surface area contributed by atoms with Crippen LogP contribution in [0.2, 0.25) is 0 Å². The minimum atomic E-state index is -0.248. The summed E-state index contributed by atoms with van der Waals surface area (Å²) in [6.07, 6.45) is 3.42. The Bertz CT molecular complexity index is 2890. The highest BCUT2D eigenvalue weighted by Gasteiger charge is 2.41. The SMILES string of the molecule is CC(=O)Nc1c(-c2cccc3cccc(C4CC(C)C(C(=O)NC(C)c5ccccc5)C(C)C4)c23)ccc(-c2cccc3cccc(C4CC(C)C(C(=O)N[C@H](C)c5ccccc5)C(C)C4)c23)c1NC(C)=O. The molecule has 72 heavy (non-hydrogen) atoms. The molecule has 0 saturated heterocycles. The van der Waals surface area contributed by atoms with Crippen LogP contribution in [0.4, 0.5) is 11.4 Å². The van der Waals surface area contributed by atoms with Crippen molar-refractivity contribution in [3.8, 4) is 22.3 Å². The van der Waals surface area contributed by atoms with Crippen molar-refractivity contribution in [1.29, 1.82) is 0 Å². The van der Waals surface area contributed by atoms with Crippen LogP contribution in [0.1, 0.15) is 127 Å². The summed E-state index contributed by atoms with van der Waals surface area (Å²) in [4.78, 5) is 54.8. The van der Waals surface area contributed by atoms with Crippen LogP contribution in [-0.2, 0) is 19.2 Å². The van der Waals surface area contributed by atoms with Crippen molar-refractivity contribution in [2.24, 2.45) is 35.5 Å². The van der Waals surface area contributed by atoms with Gasteiger partial charge in [0.2, 0.25) is 23.6 Å². The molecule has 2 aliphatic rings. The number of hydrogen-bond acceptors (Lipinski definition) is 4. The van der Waals surface area contributed by atoms with Crippen molar-refractivity contribution in [2.75, 3.05) is 10.6 Å².